The molecule has 1 aromatic rings. The number of thioether (sulfide) groups is 1. The molecule has 37 heavy (non-hydrogen) atoms. The van der Waals surface area contributed by atoms with Crippen molar-refractivity contribution in [1.29, 1.82) is 0 Å². The van der Waals surface area contributed by atoms with Crippen molar-refractivity contribution in [1.82, 2.24) is 4.90 Å². The summed E-state index contributed by atoms with van der Waals surface area (Å²) in [5, 5.41) is 9.79. The number of rotatable bonds is 12. The Morgan fingerprint density at radius 1 is 1.27 bits per heavy atom. The molecule has 5 atom stereocenters. The van der Waals surface area contributed by atoms with Crippen LogP contribution < -0.4 is 4.90 Å². The fourth-order valence-corrected chi connectivity index (χ4v) is 8.86. The fraction of sp³-hybridized carbons (Fsp3) is 0.536. The van der Waals surface area contributed by atoms with Crippen LogP contribution in [0.25, 0.3) is 0 Å². The molecular formula is C28H35ClN2O5S. The van der Waals surface area contributed by atoms with E-state index in [1.165, 1.54) is 0 Å². The third kappa shape index (κ3) is 4.72. The second-order valence-electron chi connectivity index (χ2n) is 10.1. The van der Waals surface area contributed by atoms with E-state index in [4.69, 9.17) is 16.3 Å². The number of ether oxygens (including phenoxy) is 1. The maximum absolute atomic E-state index is 14.4. The van der Waals surface area contributed by atoms with Gasteiger partial charge in [0.25, 0.3) is 5.91 Å². The van der Waals surface area contributed by atoms with Crippen molar-refractivity contribution in [3.05, 3.63) is 54.6 Å². The lowest BCUT2D eigenvalue weighted by molar-refractivity contribution is -0.155. The number of hydrogen-bond donors (Lipinski definition) is 1. The molecule has 3 aliphatic heterocycles. The lowest BCUT2D eigenvalue weighted by Gasteiger charge is -2.37. The molecule has 0 radical (unpaired) electrons. The topological polar surface area (TPSA) is 87.1 Å². The minimum Gasteiger partial charge on any atom is -0.465 e. The standard InChI is InChI=1S/C28H35ClN2O5S/c1-4-6-18-36-26(35)22-21-24(33)31(16-9-10-17-32)23(28(21)14-13-27(22,3)37-28)25(34)30(15-5-2)20-12-8-7-11-19(20)29/h4-5,7-8,11-12,21-23,32H,1-2,6,9-10,13-18H2,3H3/t21-,22+,23?,27-,28?/m0/s1. The Morgan fingerprint density at radius 2 is 2.03 bits per heavy atom. The molecule has 3 aliphatic rings. The van der Waals surface area contributed by atoms with Crippen molar-refractivity contribution >= 4 is 46.8 Å². The highest BCUT2D eigenvalue weighted by atomic mass is 35.5. The monoisotopic (exact) mass is 546 g/mol. The first kappa shape index (κ1) is 27.7. The second kappa shape index (κ2) is 11.2. The molecule has 9 heteroatoms. The minimum absolute atomic E-state index is 0.00248. The number of hydrogen-bond acceptors (Lipinski definition) is 6. The summed E-state index contributed by atoms with van der Waals surface area (Å²) in [6.45, 7) is 10.3. The summed E-state index contributed by atoms with van der Waals surface area (Å²) in [6, 6.07) is 6.36. The third-order valence-electron chi connectivity index (χ3n) is 7.86. The van der Waals surface area contributed by atoms with Crippen molar-refractivity contribution in [3.63, 3.8) is 0 Å². The maximum Gasteiger partial charge on any atom is 0.311 e. The van der Waals surface area contributed by atoms with Crippen LogP contribution in [-0.2, 0) is 19.1 Å². The van der Waals surface area contributed by atoms with E-state index in [0.717, 1.165) is 0 Å². The van der Waals surface area contributed by atoms with E-state index in [9.17, 15) is 19.5 Å². The molecule has 7 nitrogen and oxygen atoms in total. The number of esters is 1. The van der Waals surface area contributed by atoms with Gasteiger partial charge < -0.3 is 19.6 Å². The molecule has 3 fully saturated rings. The van der Waals surface area contributed by atoms with Gasteiger partial charge in [-0.05, 0) is 51.2 Å². The Bertz CT molecular complexity index is 1080. The summed E-state index contributed by atoms with van der Waals surface area (Å²) in [5.74, 6) is -2.07. The van der Waals surface area contributed by atoms with Gasteiger partial charge in [0, 0.05) is 24.4 Å². The SMILES string of the molecule is C=CCCOC(=O)[C@H]1[C@H]2C(=O)N(CCCCO)C(C(=O)N(CC=C)c3ccccc3Cl)C23CC[C@]1(C)S3. The summed E-state index contributed by atoms with van der Waals surface area (Å²) in [4.78, 5) is 45.1. The molecule has 3 heterocycles. The first-order valence-corrected chi connectivity index (χ1v) is 14.0. The first-order valence-electron chi connectivity index (χ1n) is 12.8. The normalized spacial score (nSPS) is 29.8. The molecule has 1 spiro atoms. The molecule has 2 amide bonds. The zero-order valence-corrected chi connectivity index (χ0v) is 22.8. The van der Waals surface area contributed by atoms with Crippen LogP contribution in [0.15, 0.2) is 49.6 Å². The van der Waals surface area contributed by atoms with E-state index in [0.29, 0.717) is 49.4 Å². The number of halogens is 1. The van der Waals surface area contributed by atoms with E-state index >= 15 is 0 Å². The van der Waals surface area contributed by atoms with Gasteiger partial charge in [-0.2, -0.15) is 0 Å². The van der Waals surface area contributed by atoms with E-state index < -0.39 is 27.4 Å². The van der Waals surface area contributed by atoms with Crippen molar-refractivity contribution in [2.24, 2.45) is 11.8 Å². The average molecular weight is 547 g/mol. The molecule has 0 saturated carbocycles. The Labute approximate surface area is 227 Å². The van der Waals surface area contributed by atoms with Crippen molar-refractivity contribution < 1.29 is 24.2 Å². The van der Waals surface area contributed by atoms with Crippen molar-refractivity contribution in [2.45, 2.75) is 54.6 Å². The van der Waals surface area contributed by atoms with Crippen LogP contribution in [0.5, 0.6) is 0 Å². The van der Waals surface area contributed by atoms with Gasteiger partial charge in [-0.25, -0.2) is 0 Å². The van der Waals surface area contributed by atoms with Crippen LogP contribution >= 0.6 is 23.4 Å². The number of anilines is 1. The Balaban J connectivity index is 1.75. The second-order valence-corrected chi connectivity index (χ2v) is 12.4. The molecule has 2 bridgehead atoms. The lowest BCUT2D eigenvalue weighted by atomic mass is 9.66. The predicted octanol–water partition coefficient (Wildman–Crippen LogP) is 4.23. The minimum atomic E-state index is -0.766. The Hall–Kier alpha value is -2.29. The van der Waals surface area contributed by atoms with Gasteiger partial charge in [-0.15, -0.1) is 24.9 Å². The van der Waals surface area contributed by atoms with E-state index in [1.807, 2.05) is 13.0 Å². The van der Waals surface area contributed by atoms with E-state index in [2.05, 4.69) is 13.2 Å². The molecule has 0 aliphatic carbocycles. The fourth-order valence-electron chi connectivity index (χ4n) is 6.28. The quantitative estimate of drug-likeness (QED) is 0.240. The molecular weight excluding hydrogens is 512 g/mol. The van der Waals surface area contributed by atoms with Crippen molar-refractivity contribution in [2.75, 3.05) is 31.2 Å². The van der Waals surface area contributed by atoms with Crippen molar-refractivity contribution in [3.8, 4) is 0 Å². The van der Waals surface area contributed by atoms with Crippen LogP contribution in [0.4, 0.5) is 5.69 Å². The number of unbranched alkanes of at least 4 members (excludes halogenated alkanes) is 1. The molecule has 2 unspecified atom stereocenters. The first-order chi connectivity index (χ1) is 17.8. The largest absolute Gasteiger partial charge is 0.465 e. The Kier molecular flexibility index (Phi) is 8.41. The smallest absolute Gasteiger partial charge is 0.311 e. The van der Waals surface area contributed by atoms with Gasteiger partial charge in [-0.1, -0.05) is 35.9 Å². The highest BCUT2D eigenvalue weighted by Gasteiger charge is 2.77. The molecule has 0 aromatic heterocycles. The summed E-state index contributed by atoms with van der Waals surface area (Å²) in [7, 11) is 0. The predicted molar refractivity (Wildman–Crippen MR) is 147 cm³/mol. The molecule has 3 saturated heterocycles. The number of aliphatic hydroxyl groups is 1. The summed E-state index contributed by atoms with van der Waals surface area (Å²) >= 11 is 8.10. The number of carbonyl (C=O) groups is 3. The third-order valence-corrected chi connectivity index (χ3v) is 10.2. The highest BCUT2D eigenvalue weighted by Crippen LogP contribution is 2.71. The number of nitrogens with zero attached hydrogens (tertiary/aromatic N) is 2. The maximum atomic E-state index is 14.4. The molecule has 200 valence electrons. The van der Waals surface area contributed by atoms with Gasteiger partial charge >= 0.3 is 5.97 Å². The van der Waals surface area contributed by atoms with Gasteiger partial charge in [0.05, 0.1) is 33.9 Å². The van der Waals surface area contributed by atoms with Crippen LogP contribution in [0.3, 0.4) is 0 Å². The van der Waals surface area contributed by atoms with E-state index in [1.54, 1.807) is 51.9 Å². The number of aliphatic hydroxyl groups excluding tert-OH is 1. The van der Waals surface area contributed by atoms with Crippen LogP contribution in [-0.4, -0.2) is 69.6 Å². The molecule has 1 N–H and O–H groups in total. The van der Waals surface area contributed by atoms with Crippen LogP contribution in [0.1, 0.15) is 39.0 Å². The Morgan fingerprint density at radius 3 is 2.70 bits per heavy atom. The van der Waals surface area contributed by atoms with Gasteiger partial charge in [0.15, 0.2) is 0 Å². The summed E-state index contributed by atoms with van der Waals surface area (Å²) in [6.07, 6.45) is 6.30. The number of likely N-dealkylation sites (tertiary alicyclic amines) is 1. The number of carbonyl (C=O) groups excluding carboxylic acids is 3. The van der Waals surface area contributed by atoms with E-state index in [-0.39, 0.29) is 37.5 Å². The summed E-state index contributed by atoms with van der Waals surface area (Å²) in [5.41, 5.74) is 0.556. The zero-order chi connectivity index (χ0) is 26.8. The van der Waals surface area contributed by atoms with Gasteiger partial charge in [-0.3, -0.25) is 14.4 Å². The number of para-hydroxylation sites is 1. The number of amides is 2. The molecule has 4 rings (SSSR count). The average Bonchev–Trinajstić information content (AvgIpc) is 3.44. The van der Waals surface area contributed by atoms with Gasteiger partial charge in [0.2, 0.25) is 5.91 Å². The molecule has 1 aromatic carbocycles. The highest BCUT2D eigenvalue weighted by molar-refractivity contribution is 8.02. The van der Waals surface area contributed by atoms with Crippen LogP contribution in [0.2, 0.25) is 5.02 Å². The number of benzene rings is 1. The summed E-state index contributed by atoms with van der Waals surface area (Å²) < 4.78 is 4.35. The number of fused-ring (bicyclic) bond motifs is 1. The van der Waals surface area contributed by atoms with Crippen LogP contribution in [0, 0.1) is 11.8 Å². The zero-order valence-electron chi connectivity index (χ0n) is 21.2. The lowest BCUT2D eigenvalue weighted by Crippen LogP contribution is -2.55. The van der Waals surface area contributed by atoms with Gasteiger partial charge in [0.1, 0.15) is 6.04 Å².